The van der Waals surface area contributed by atoms with Crippen molar-refractivity contribution in [2.75, 3.05) is 23.7 Å². The Kier molecular flexibility index (Phi) is 5.88. The average molecular weight is 442 g/mol. The maximum atomic E-state index is 13.0. The summed E-state index contributed by atoms with van der Waals surface area (Å²) < 4.78 is 30.9. The summed E-state index contributed by atoms with van der Waals surface area (Å²) in [4.78, 5) is 25.8. The van der Waals surface area contributed by atoms with Crippen molar-refractivity contribution in [3.05, 3.63) is 65.2 Å². The second-order valence-corrected chi connectivity index (χ2v) is 10.3. The number of ketones is 1. The Hall–Kier alpha value is -2.67. The highest BCUT2D eigenvalue weighted by atomic mass is 32.2. The molecule has 0 saturated heterocycles. The quantitative estimate of drug-likeness (QED) is 0.505. The number of sulfonamides is 1. The topological polar surface area (TPSA) is 80.8 Å². The lowest BCUT2D eigenvalue weighted by Gasteiger charge is -2.29. The molecule has 1 aliphatic heterocycles. The Morgan fingerprint density at radius 3 is 2.42 bits per heavy atom. The minimum Gasteiger partial charge on any atom is -0.457 e. The van der Waals surface area contributed by atoms with Gasteiger partial charge in [-0.2, -0.15) is 0 Å². The van der Waals surface area contributed by atoms with Crippen LogP contribution in [0.2, 0.25) is 0 Å². The smallest absolute Gasteiger partial charge is 0.317 e. The minimum absolute atomic E-state index is 0.283. The summed E-state index contributed by atoms with van der Waals surface area (Å²) in [6.07, 6.45) is 5.96. The Morgan fingerprint density at radius 1 is 1.03 bits per heavy atom. The van der Waals surface area contributed by atoms with Crippen molar-refractivity contribution in [2.24, 2.45) is 0 Å². The van der Waals surface area contributed by atoms with E-state index < -0.39 is 15.4 Å². The molecule has 0 atom stereocenters. The van der Waals surface area contributed by atoms with Crippen LogP contribution in [0.25, 0.3) is 0 Å². The summed E-state index contributed by atoms with van der Waals surface area (Å²) in [5, 5.41) is 0. The van der Waals surface area contributed by atoms with E-state index >= 15 is 0 Å². The van der Waals surface area contributed by atoms with Crippen LogP contribution in [0.1, 0.15) is 53.6 Å². The van der Waals surface area contributed by atoms with Gasteiger partial charge in [-0.3, -0.25) is 13.9 Å². The number of nitrogens with zero attached hydrogens (tertiary/aromatic N) is 1. The Labute approximate surface area is 183 Å². The fourth-order valence-corrected chi connectivity index (χ4v) is 5.78. The number of anilines is 1. The number of Topliss-reactive ketones (excluding diaryl/α,β-unsaturated/α-hetero) is 1. The molecule has 1 fully saturated rings. The van der Waals surface area contributed by atoms with Crippen molar-refractivity contribution >= 4 is 27.5 Å². The van der Waals surface area contributed by atoms with Gasteiger partial charge in [0.05, 0.1) is 17.4 Å². The van der Waals surface area contributed by atoms with Gasteiger partial charge in [-0.15, -0.1) is 0 Å². The van der Waals surface area contributed by atoms with E-state index in [1.54, 1.807) is 18.2 Å². The fourth-order valence-electron chi connectivity index (χ4n) is 4.78. The molecule has 0 spiro atoms. The molecule has 1 saturated carbocycles. The standard InChI is InChI=1S/C24H27NO5S/c1-31(28,29)25-15-7-8-18-16-19(11-12-21(18)25)22(26)17-30-23(27)24(13-5-6-14-24)20-9-3-2-4-10-20/h2-4,9-12,16H,5-8,13-15,17H2,1H3. The Balaban J connectivity index is 1.48. The molecule has 7 heteroatoms. The number of benzene rings is 2. The molecule has 0 unspecified atom stereocenters. The molecule has 2 aliphatic rings. The largest absolute Gasteiger partial charge is 0.457 e. The predicted octanol–water partition coefficient (Wildman–Crippen LogP) is 3.64. The summed E-state index contributed by atoms with van der Waals surface area (Å²) in [5.74, 6) is -0.625. The molecular weight excluding hydrogens is 414 g/mol. The predicted molar refractivity (Wildman–Crippen MR) is 119 cm³/mol. The second kappa shape index (κ2) is 8.46. The summed E-state index contributed by atoms with van der Waals surface area (Å²) in [7, 11) is -3.36. The first kappa shape index (κ1) is 21.6. The summed E-state index contributed by atoms with van der Waals surface area (Å²) in [6, 6.07) is 14.7. The van der Waals surface area contributed by atoms with Gasteiger partial charge < -0.3 is 4.74 Å². The second-order valence-electron chi connectivity index (χ2n) is 8.44. The molecule has 4 rings (SSSR count). The molecule has 2 aromatic rings. The molecule has 164 valence electrons. The zero-order valence-electron chi connectivity index (χ0n) is 17.7. The third kappa shape index (κ3) is 4.24. The normalized spacial score (nSPS) is 17.8. The highest BCUT2D eigenvalue weighted by Gasteiger charge is 2.44. The van der Waals surface area contributed by atoms with Gasteiger partial charge in [0.25, 0.3) is 0 Å². The Morgan fingerprint density at radius 2 is 1.74 bits per heavy atom. The van der Waals surface area contributed by atoms with Crippen LogP contribution in [-0.4, -0.2) is 39.6 Å². The van der Waals surface area contributed by atoms with Gasteiger partial charge >= 0.3 is 5.97 Å². The maximum Gasteiger partial charge on any atom is 0.317 e. The van der Waals surface area contributed by atoms with E-state index in [1.807, 2.05) is 30.3 Å². The van der Waals surface area contributed by atoms with E-state index in [0.717, 1.165) is 36.8 Å². The number of hydrogen-bond donors (Lipinski definition) is 0. The summed E-state index contributed by atoms with van der Waals surface area (Å²) in [6.45, 7) is 0.125. The third-order valence-corrected chi connectivity index (χ3v) is 7.57. The van der Waals surface area contributed by atoms with Crippen molar-refractivity contribution in [1.82, 2.24) is 0 Å². The maximum absolute atomic E-state index is 13.0. The van der Waals surface area contributed by atoms with Gasteiger partial charge in [-0.1, -0.05) is 43.2 Å². The van der Waals surface area contributed by atoms with E-state index in [0.29, 0.717) is 30.6 Å². The highest BCUT2D eigenvalue weighted by molar-refractivity contribution is 7.92. The van der Waals surface area contributed by atoms with Crippen LogP contribution in [0, 0.1) is 0 Å². The molecule has 0 aromatic heterocycles. The minimum atomic E-state index is -3.36. The van der Waals surface area contributed by atoms with Crippen LogP contribution in [0.4, 0.5) is 5.69 Å². The average Bonchev–Trinajstić information content (AvgIpc) is 3.27. The first-order valence-corrected chi connectivity index (χ1v) is 12.5. The lowest BCUT2D eigenvalue weighted by Crippen LogP contribution is -2.36. The number of ether oxygens (including phenoxy) is 1. The van der Waals surface area contributed by atoms with Gasteiger partial charge in [-0.05, 0) is 55.0 Å². The molecule has 0 radical (unpaired) electrons. The van der Waals surface area contributed by atoms with Crippen LogP contribution in [0.3, 0.4) is 0 Å². The van der Waals surface area contributed by atoms with Crippen LogP contribution in [0.15, 0.2) is 48.5 Å². The van der Waals surface area contributed by atoms with E-state index in [-0.39, 0.29) is 18.4 Å². The van der Waals surface area contributed by atoms with Crippen molar-refractivity contribution < 1.29 is 22.7 Å². The number of carbonyl (C=O) groups excluding carboxylic acids is 2. The van der Waals surface area contributed by atoms with Gasteiger partial charge in [0, 0.05) is 12.1 Å². The zero-order valence-corrected chi connectivity index (χ0v) is 18.5. The van der Waals surface area contributed by atoms with Crippen molar-refractivity contribution in [3.8, 4) is 0 Å². The first-order valence-electron chi connectivity index (χ1n) is 10.7. The SMILES string of the molecule is CS(=O)(=O)N1CCCc2cc(C(=O)COC(=O)C3(c4ccccc4)CCCC3)ccc21. The van der Waals surface area contributed by atoms with Gasteiger partial charge in [0.15, 0.2) is 12.4 Å². The molecule has 0 bridgehead atoms. The van der Waals surface area contributed by atoms with Crippen molar-refractivity contribution in [3.63, 3.8) is 0 Å². The number of rotatable bonds is 6. The van der Waals surface area contributed by atoms with Crippen LogP contribution in [-0.2, 0) is 31.4 Å². The molecule has 0 amide bonds. The summed E-state index contributed by atoms with van der Waals surface area (Å²) in [5.41, 5.74) is 2.15. The molecule has 1 aliphatic carbocycles. The molecule has 6 nitrogen and oxygen atoms in total. The molecule has 0 N–H and O–H groups in total. The number of carbonyl (C=O) groups is 2. The zero-order chi connectivity index (χ0) is 22.1. The number of fused-ring (bicyclic) bond motifs is 1. The molecule has 31 heavy (non-hydrogen) atoms. The van der Waals surface area contributed by atoms with Gasteiger partial charge in [-0.25, -0.2) is 8.42 Å². The molecule has 1 heterocycles. The Bertz CT molecular complexity index is 1090. The van der Waals surface area contributed by atoms with Crippen LogP contribution < -0.4 is 4.31 Å². The number of esters is 1. The van der Waals surface area contributed by atoms with Crippen molar-refractivity contribution in [1.29, 1.82) is 0 Å². The fraction of sp³-hybridized carbons (Fsp3) is 0.417. The highest BCUT2D eigenvalue weighted by Crippen LogP contribution is 2.42. The van der Waals surface area contributed by atoms with Crippen LogP contribution in [0.5, 0.6) is 0 Å². The lowest BCUT2D eigenvalue weighted by atomic mass is 9.79. The van der Waals surface area contributed by atoms with Gasteiger partial charge in [0.2, 0.25) is 10.0 Å². The number of aryl methyl sites for hydroxylation is 1. The van der Waals surface area contributed by atoms with E-state index in [2.05, 4.69) is 0 Å². The number of hydrogen-bond acceptors (Lipinski definition) is 5. The molecule has 2 aromatic carbocycles. The van der Waals surface area contributed by atoms with E-state index in [4.69, 9.17) is 4.74 Å². The summed E-state index contributed by atoms with van der Waals surface area (Å²) >= 11 is 0. The van der Waals surface area contributed by atoms with Crippen LogP contribution >= 0.6 is 0 Å². The lowest BCUT2D eigenvalue weighted by molar-refractivity contribution is -0.149. The first-order chi connectivity index (χ1) is 14.8. The van der Waals surface area contributed by atoms with E-state index in [9.17, 15) is 18.0 Å². The molecular formula is C24H27NO5S. The van der Waals surface area contributed by atoms with Gasteiger partial charge in [0.1, 0.15) is 0 Å². The van der Waals surface area contributed by atoms with E-state index in [1.165, 1.54) is 10.6 Å². The van der Waals surface area contributed by atoms with Crippen molar-refractivity contribution in [2.45, 2.75) is 43.9 Å². The third-order valence-electron chi connectivity index (χ3n) is 6.39. The monoisotopic (exact) mass is 441 g/mol.